The molecule has 3 heteroatoms. The summed E-state index contributed by atoms with van der Waals surface area (Å²) in [4.78, 5) is 11.5. The van der Waals surface area contributed by atoms with E-state index in [1.54, 1.807) is 0 Å². The molecular formula is C17H34O2S. The lowest BCUT2D eigenvalue weighted by molar-refractivity contribution is 0.172. The molecular weight excluding hydrogens is 268 g/mol. The van der Waals surface area contributed by atoms with E-state index in [1.165, 1.54) is 76.0 Å². The normalized spacial score (nSPS) is 10.7. The van der Waals surface area contributed by atoms with Gasteiger partial charge < -0.3 is 4.74 Å². The molecule has 0 bridgehead atoms. The van der Waals surface area contributed by atoms with Gasteiger partial charge in [0, 0.05) is 5.75 Å². The molecule has 2 nitrogen and oxygen atoms in total. The Balaban J connectivity index is 3.13. The zero-order valence-corrected chi connectivity index (χ0v) is 14.4. The Bertz CT molecular complexity index is 187. The first-order valence-corrected chi connectivity index (χ1v) is 9.59. The van der Waals surface area contributed by atoms with Gasteiger partial charge in [-0.15, -0.1) is 0 Å². The number of thioether (sulfide) groups is 1. The van der Waals surface area contributed by atoms with Gasteiger partial charge in [0.05, 0.1) is 6.61 Å². The Labute approximate surface area is 130 Å². The van der Waals surface area contributed by atoms with Crippen molar-refractivity contribution in [2.45, 2.75) is 90.9 Å². The van der Waals surface area contributed by atoms with E-state index in [4.69, 9.17) is 4.74 Å². The lowest BCUT2D eigenvalue weighted by atomic mass is 10.1. The molecule has 0 spiro atoms. The van der Waals surface area contributed by atoms with Gasteiger partial charge in [-0.3, -0.25) is 0 Å². The predicted molar refractivity (Wildman–Crippen MR) is 90.6 cm³/mol. The fourth-order valence-electron chi connectivity index (χ4n) is 2.12. The van der Waals surface area contributed by atoms with Crippen molar-refractivity contribution in [3.63, 3.8) is 0 Å². The molecule has 0 saturated carbocycles. The van der Waals surface area contributed by atoms with Gasteiger partial charge >= 0.3 is 5.30 Å². The molecule has 20 heavy (non-hydrogen) atoms. The summed E-state index contributed by atoms with van der Waals surface area (Å²) in [5, 5.41) is -0.0767. The largest absolute Gasteiger partial charge is 0.458 e. The maximum atomic E-state index is 11.5. The molecule has 0 unspecified atom stereocenters. The van der Waals surface area contributed by atoms with Crippen LogP contribution in [0, 0.1) is 0 Å². The van der Waals surface area contributed by atoms with Crippen LogP contribution in [-0.2, 0) is 4.74 Å². The summed E-state index contributed by atoms with van der Waals surface area (Å²) in [6.07, 6.45) is 15.1. The average Bonchev–Trinajstić information content (AvgIpc) is 2.45. The summed E-state index contributed by atoms with van der Waals surface area (Å²) in [5.74, 6) is 0.918. The van der Waals surface area contributed by atoms with Crippen molar-refractivity contribution in [1.29, 1.82) is 0 Å². The van der Waals surface area contributed by atoms with E-state index in [9.17, 15) is 4.79 Å². The minimum atomic E-state index is -0.0767. The van der Waals surface area contributed by atoms with Crippen LogP contribution < -0.4 is 0 Å². The fraction of sp³-hybridized carbons (Fsp3) is 0.941. The first kappa shape index (κ1) is 19.8. The number of carbonyl (C=O) groups excluding carboxylic acids is 1. The van der Waals surface area contributed by atoms with E-state index in [0.717, 1.165) is 18.6 Å². The highest BCUT2D eigenvalue weighted by Crippen LogP contribution is 2.12. The van der Waals surface area contributed by atoms with Crippen molar-refractivity contribution in [1.82, 2.24) is 0 Å². The Morgan fingerprint density at radius 3 is 1.85 bits per heavy atom. The van der Waals surface area contributed by atoms with Crippen molar-refractivity contribution < 1.29 is 9.53 Å². The predicted octanol–water partition coefficient (Wildman–Crippen LogP) is 6.58. The van der Waals surface area contributed by atoms with Crippen LogP contribution in [0.4, 0.5) is 4.79 Å². The highest BCUT2D eigenvalue weighted by Gasteiger charge is 2.02. The molecule has 0 aliphatic heterocycles. The molecule has 0 aromatic rings. The number of ether oxygens (including phenoxy) is 1. The summed E-state index contributed by atoms with van der Waals surface area (Å²) in [6.45, 7) is 5.06. The van der Waals surface area contributed by atoms with E-state index in [-0.39, 0.29) is 5.30 Å². The van der Waals surface area contributed by atoms with Crippen LogP contribution in [0.2, 0.25) is 0 Å². The lowest BCUT2D eigenvalue weighted by Crippen LogP contribution is -2.00. The molecule has 120 valence electrons. The third-order valence-corrected chi connectivity index (χ3v) is 4.28. The second kappa shape index (κ2) is 16.9. The van der Waals surface area contributed by atoms with Crippen LogP contribution in [0.25, 0.3) is 0 Å². The van der Waals surface area contributed by atoms with Gasteiger partial charge in [0.25, 0.3) is 0 Å². The van der Waals surface area contributed by atoms with Gasteiger partial charge in [0.1, 0.15) is 0 Å². The number of unbranched alkanes of at least 4 members (excludes halogenated alkanes) is 10. The molecule has 0 amide bonds. The Hall–Kier alpha value is -0.180. The van der Waals surface area contributed by atoms with Crippen molar-refractivity contribution in [2.75, 3.05) is 12.4 Å². The van der Waals surface area contributed by atoms with E-state index < -0.39 is 0 Å². The fourth-order valence-corrected chi connectivity index (χ4v) is 2.80. The van der Waals surface area contributed by atoms with Gasteiger partial charge in [0.2, 0.25) is 0 Å². The summed E-state index contributed by atoms with van der Waals surface area (Å²) in [7, 11) is 0. The van der Waals surface area contributed by atoms with Gasteiger partial charge in [-0.2, -0.15) is 0 Å². The minimum absolute atomic E-state index is 0.0767. The van der Waals surface area contributed by atoms with Crippen LogP contribution in [0.3, 0.4) is 0 Å². The third-order valence-electron chi connectivity index (χ3n) is 3.44. The molecule has 0 aliphatic rings. The van der Waals surface area contributed by atoms with Crippen LogP contribution in [0.5, 0.6) is 0 Å². The molecule has 0 saturated heterocycles. The molecule has 0 fully saturated rings. The molecule has 0 aromatic heterocycles. The summed E-state index contributed by atoms with van der Waals surface area (Å²) in [6, 6.07) is 0. The molecule has 0 heterocycles. The number of hydrogen-bond donors (Lipinski definition) is 0. The van der Waals surface area contributed by atoms with Crippen LogP contribution in [0.15, 0.2) is 0 Å². The van der Waals surface area contributed by atoms with Gasteiger partial charge in [0.15, 0.2) is 0 Å². The van der Waals surface area contributed by atoms with E-state index in [1.807, 2.05) is 0 Å². The van der Waals surface area contributed by atoms with Crippen molar-refractivity contribution >= 4 is 17.1 Å². The second-order valence-electron chi connectivity index (χ2n) is 5.48. The maximum absolute atomic E-state index is 11.5. The van der Waals surface area contributed by atoms with Gasteiger partial charge in [-0.1, -0.05) is 78.1 Å². The van der Waals surface area contributed by atoms with E-state index in [0.29, 0.717) is 6.61 Å². The first-order chi connectivity index (χ1) is 9.81. The first-order valence-electron chi connectivity index (χ1n) is 8.60. The molecule has 0 rings (SSSR count). The number of rotatable bonds is 14. The zero-order valence-electron chi connectivity index (χ0n) is 13.6. The quantitative estimate of drug-likeness (QED) is 0.268. The maximum Gasteiger partial charge on any atom is 0.367 e. The topological polar surface area (TPSA) is 26.3 Å². The molecule has 0 atom stereocenters. The highest BCUT2D eigenvalue weighted by atomic mass is 32.2. The smallest absolute Gasteiger partial charge is 0.367 e. The Morgan fingerprint density at radius 2 is 1.25 bits per heavy atom. The summed E-state index contributed by atoms with van der Waals surface area (Å²) < 4.78 is 5.22. The number of carbonyl (C=O) groups is 1. The van der Waals surface area contributed by atoms with E-state index in [2.05, 4.69) is 13.8 Å². The van der Waals surface area contributed by atoms with Gasteiger partial charge in [-0.25, -0.2) is 4.79 Å². The van der Waals surface area contributed by atoms with Gasteiger partial charge in [-0.05, 0) is 24.6 Å². The summed E-state index contributed by atoms with van der Waals surface area (Å²) >= 11 is 1.35. The Kier molecular flexibility index (Phi) is 16.7. The van der Waals surface area contributed by atoms with Crippen LogP contribution >= 0.6 is 11.8 Å². The van der Waals surface area contributed by atoms with Crippen LogP contribution in [-0.4, -0.2) is 17.7 Å². The van der Waals surface area contributed by atoms with Crippen molar-refractivity contribution in [3.8, 4) is 0 Å². The molecule has 0 radical (unpaired) electrons. The standard InChI is InChI=1S/C17H34O2S/c1-3-5-7-9-11-13-15-19-17(18)20-16-14-12-10-8-6-4-2/h3-16H2,1-2H3. The zero-order chi connectivity index (χ0) is 14.9. The minimum Gasteiger partial charge on any atom is -0.458 e. The number of hydrogen-bond acceptors (Lipinski definition) is 3. The Morgan fingerprint density at radius 1 is 0.750 bits per heavy atom. The molecule has 0 aliphatic carbocycles. The van der Waals surface area contributed by atoms with E-state index >= 15 is 0 Å². The SMILES string of the molecule is CCCCCCCCOC(=O)SCCCCCCCC. The van der Waals surface area contributed by atoms with Crippen molar-refractivity contribution in [3.05, 3.63) is 0 Å². The lowest BCUT2D eigenvalue weighted by Gasteiger charge is -2.04. The highest BCUT2D eigenvalue weighted by molar-refractivity contribution is 8.13. The second-order valence-corrected chi connectivity index (χ2v) is 6.51. The van der Waals surface area contributed by atoms with Crippen LogP contribution in [0.1, 0.15) is 90.9 Å². The van der Waals surface area contributed by atoms with Crippen molar-refractivity contribution in [2.24, 2.45) is 0 Å². The molecule has 0 aromatic carbocycles. The monoisotopic (exact) mass is 302 g/mol. The third kappa shape index (κ3) is 15.9. The summed E-state index contributed by atoms with van der Waals surface area (Å²) in [5.41, 5.74) is 0. The average molecular weight is 303 g/mol. The molecule has 0 N–H and O–H groups in total.